The van der Waals surface area contributed by atoms with E-state index in [1.807, 2.05) is 0 Å². The van der Waals surface area contributed by atoms with Crippen molar-refractivity contribution in [3.63, 3.8) is 0 Å². The van der Waals surface area contributed by atoms with Gasteiger partial charge in [-0.05, 0) is 26.7 Å². The van der Waals surface area contributed by atoms with Crippen LogP contribution in [0.4, 0.5) is 0 Å². The Morgan fingerprint density at radius 2 is 1.75 bits per heavy atom. The molecule has 0 heterocycles. The highest BCUT2D eigenvalue weighted by atomic mass is 32.2. The van der Waals surface area contributed by atoms with E-state index in [-0.39, 0.29) is 6.42 Å². The molecule has 1 aliphatic rings. The summed E-state index contributed by atoms with van der Waals surface area (Å²) in [5.41, 5.74) is 0. The molecule has 0 aromatic heterocycles. The summed E-state index contributed by atoms with van der Waals surface area (Å²) in [6.07, 6.45) is 3.40. The molecule has 1 aliphatic carbocycles. The highest BCUT2D eigenvalue weighted by Gasteiger charge is 2.47. The van der Waals surface area contributed by atoms with Gasteiger partial charge in [0.05, 0.1) is 16.4 Å². The van der Waals surface area contributed by atoms with Crippen LogP contribution >= 0.6 is 0 Å². The summed E-state index contributed by atoms with van der Waals surface area (Å²) in [6.45, 7) is 3.26. The second kappa shape index (κ2) is 4.73. The fourth-order valence-electron chi connectivity index (χ4n) is 2.53. The Labute approximate surface area is 97.0 Å². The molecule has 1 rings (SSSR count). The molecule has 0 aromatic rings. The Bertz CT molecular complexity index is 350. The van der Waals surface area contributed by atoms with Gasteiger partial charge in [-0.2, -0.15) is 0 Å². The van der Waals surface area contributed by atoms with Crippen molar-refractivity contribution < 1.29 is 18.3 Å². The van der Waals surface area contributed by atoms with E-state index in [0.717, 1.165) is 19.3 Å². The highest BCUT2D eigenvalue weighted by molar-refractivity contribution is 7.93. The normalized spacial score (nSPS) is 20.9. The van der Waals surface area contributed by atoms with Gasteiger partial charge in [0.15, 0.2) is 9.84 Å². The number of carboxylic acids is 1. The summed E-state index contributed by atoms with van der Waals surface area (Å²) in [5, 5.41) is 8.42. The predicted molar refractivity (Wildman–Crippen MR) is 62.1 cm³/mol. The first-order valence-electron chi connectivity index (χ1n) is 5.77. The van der Waals surface area contributed by atoms with Gasteiger partial charge in [-0.3, -0.25) is 4.79 Å². The monoisotopic (exact) mass is 248 g/mol. The zero-order valence-corrected chi connectivity index (χ0v) is 10.7. The maximum atomic E-state index is 12.3. The van der Waals surface area contributed by atoms with Gasteiger partial charge in [0.1, 0.15) is 0 Å². The molecule has 0 amide bonds. The first-order chi connectivity index (χ1) is 7.32. The molecule has 1 fully saturated rings. The van der Waals surface area contributed by atoms with Crippen LogP contribution in [-0.4, -0.2) is 29.5 Å². The SMILES string of the molecule is CC(C)S(=O)(=O)C1(CC(=O)O)CCCCC1. The second-order valence-electron chi connectivity index (χ2n) is 4.91. The van der Waals surface area contributed by atoms with Crippen LogP contribution in [0.1, 0.15) is 52.4 Å². The van der Waals surface area contributed by atoms with E-state index in [0.29, 0.717) is 12.8 Å². The third-order valence-electron chi connectivity index (χ3n) is 3.46. The zero-order chi connectivity index (χ0) is 12.4. The van der Waals surface area contributed by atoms with Crippen LogP contribution in [0.25, 0.3) is 0 Å². The van der Waals surface area contributed by atoms with Crippen molar-refractivity contribution in [2.75, 3.05) is 0 Å². The van der Waals surface area contributed by atoms with E-state index in [1.54, 1.807) is 13.8 Å². The maximum Gasteiger partial charge on any atom is 0.304 e. The fourth-order valence-corrected chi connectivity index (χ4v) is 4.72. The largest absolute Gasteiger partial charge is 0.481 e. The molecule has 94 valence electrons. The molecule has 1 N–H and O–H groups in total. The topological polar surface area (TPSA) is 71.4 Å². The van der Waals surface area contributed by atoms with Crippen molar-refractivity contribution in [2.24, 2.45) is 0 Å². The molecule has 16 heavy (non-hydrogen) atoms. The molecule has 0 aromatic carbocycles. The Morgan fingerprint density at radius 1 is 1.25 bits per heavy atom. The Balaban J connectivity index is 3.08. The van der Waals surface area contributed by atoms with Crippen LogP contribution in [0, 0.1) is 0 Å². The number of sulfone groups is 1. The quantitative estimate of drug-likeness (QED) is 0.825. The van der Waals surface area contributed by atoms with Gasteiger partial charge < -0.3 is 5.11 Å². The number of carbonyl (C=O) groups is 1. The molecular weight excluding hydrogens is 228 g/mol. The summed E-state index contributed by atoms with van der Waals surface area (Å²) < 4.78 is 23.6. The predicted octanol–water partition coefficient (Wildman–Crippen LogP) is 1.99. The van der Waals surface area contributed by atoms with Gasteiger partial charge >= 0.3 is 5.97 Å². The van der Waals surface area contributed by atoms with Crippen LogP contribution in [-0.2, 0) is 14.6 Å². The van der Waals surface area contributed by atoms with Crippen molar-refractivity contribution in [2.45, 2.75) is 62.4 Å². The number of carboxylic acid groups (broad SMARTS) is 1. The molecular formula is C11H20O4S. The lowest BCUT2D eigenvalue weighted by molar-refractivity contribution is -0.137. The molecule has 5 heteroatoms. The first kappa shape index (κ1) is 13.5. The first-order valence-corrected chi connectivity index (χ1v) is 7.32. The molecule has 0 spiro atoms. The molecule has 0 atom stereocenters. The smallest absolute Gasteiger partial charge is 0.304 e. The molecule has 0 unspecified atom stereocenters. The standard InChI is InChI=1S/C11H20O4S/c1-9(2)16(14,15)11(8-10(12)13)6-4-3-5-7-11/h9H,3-8H2,1-2H3,(H,12,13). The molecule has 1 saturated carbocycles. The summed E-state index contributed by atoms with van der Waals surface area (Å²) >= 11 is 0. The lowest BCUT2D eigenvalue weighted by atomic mass is 9.86. The fraction of sp³-hybridized carbons (Fsp3) is 0.909. The van der Waals surface area contributed by atoms with Gasteiger partial charge in [0, 0.05) is 0 Å². The van der Waals surface area contributed by atoms with E-state index in [2.05, 4.69) is 0 Å². The van der Waals surface area contributed by atoms with Gasteiger partial charge in [-0.25, -0.2) is 8.42 Å². The van der Waals surface area contributed by atoms with Crippen LogP contribution in [0.15, 0.2) is 0 Å². The van der Waals surface area contributed by atoms with E-state index < -0.39 is 25.8 Å². The van der Waals surface area contributed by atoms with Gasteiger partial charge in [-0.1, -0.05) is 19.3 Å². The Hall–Kier alpha value is -0.580. The van der Waals surface area contributed by atoms with Gasteiger partial charge in [-0.15, -0.1) is 0 Å². The van der Waals surface area contributed by atoms with Crippen molar-refractivity contribution >= 4 is 15.8 Å². The van der Waals surface area contributed by atoms with Crippen molar-refractivity contribution in [3.8, 4) is 0 Å². The van der Waals surface area contributed by atoms with Crippen molar-refractivity contribution in [1.82, 2.24) is 0 Å². The van der Waals surface area contributed by atoms with Crippen LogP contribution in [0.2, 0.25) is 0 Å². The number of aliphatic carboxylic acids is 1. The lowest BCUT2D eigenvalue weighted by Gasteiger charge is -2.36. The minimum Gasteiger partial charge on any atom is -0.481 e. The average Bonchev–Trinajstić information content (AvgIpc) is 2.17. The zero-order valence-electron chi connectivity index (χ0n) is 9.90. The minimum absolute atomic E-state index is 0.243. The number of hydrogen-bond acceptors (Lipinski definition) is 3. The molecule has 4 nitrogen and oxygen atoms in total. The van der Waals surface area contributed by atoms with E-state index >= 15 is 0 Å². The third kappa shape index (κ3) is 2.39. The summed E-state index contributed by atoms with van der Waals surface area (Å²) in [5.74, 6) is -1.01. The Morgan fingerprint density at radius 3 is 2.12 bits per heavy atom. The lowest BCUT2D eigenvalue weighted by Crippen LogP contribution is -2.46. The van der Waals surface area contributed by atoms with Crippen LogP contribution in [0.3, 0.4) is 0 Å². The molecule has 0 aliphatic heterocycles. The number of rotatable bonds is 4. The molecule has 0 bridgehead atoms. The van der Waals surface area contributed by atoms with Gasteiger partial charge in [0.25, 0.3) is 0 Å². The van der Waals surface area contributed by atoms with E-state index in [4.69, 9.17) is 5.11 Å². The Kier molecular flexibility index (Phi) is 3.99. The van der Waals surface area contributed by atoms with E-state index in [9.17, 15) is 13.2 Å². The summed E-state index contributed by atoms with van der Waals surface area (Å²) in [6, 6.07) is 0. The molecule has 0 radical (unpaired) electrons. The summed E-state index contributed by atoms with van der Waals surface area (Å²) in [4.78, 5) is 10.9. The summed E-state index contributed by atoms with van der Waals surface area (Å²) in [7, 11) is -3.34. The van der Waals surface area contributed by atoms with Crippen LogP contribution < -0.4 is 0 Å². The second-order valence-corrected chi connectivity index (χ2v) is 7.81. The maximum absolute atomic E-state index is 12.3. The third-order valence-corrected chi connectivity index (χ3v) is 6.46. The van der Waals surface area contributed by atoms with Crippen molar-refractivity contribution in [1.29, 1.82) is 0 Å². The average molecular weight is 248 g/mol. The highest BCUT2D eigenvalue weighted by Crippen LogP contribution is 2.40. The molecule has 0 saturated heterocycles. The number of hydrogen-bond donors (Lipinski definition) is 1. The van der Waals surface area contributed by atoms with Gasteiger partial charge in [0.2, 0.25) is 0 Å². The van der Waals surface area contributed by atoms with E-state index in [1.165, 1.54) is 0 Å². The minimum atomic E-state index is -3.34. The van der Waals surface area contributed by atoms with Crippen molar-refractivity contribution in [3.05, 3.63) is 0 Å². The van der Waals surface area contributed by atoms with Crippen LogP contribution in [0.5, 0.6) is 0 Å².